The van der Waals surface area contributed by atoms with Crippen molar-refractivity contribution in [2.24, 2.45) is 0 Å². The maximum absolute atomic E-state index is 12.2. The van der Waals surface area contributed by atoms with Crippen molar-refractivity contribution in [1.29, 1.82) is 0 Å². The number of hydrogen-bond donors (Lipinski definition) is 3. The Kier molecular flexibility index (Phi) is 5.07. The summed E-state index contributed by atoms with van der Waals surface area (Å²) in [5.74, 6) is -0.899. The van der Waals surface area contributed by atoms with Crippen LogP contribution in [0.2, 0.25) is 0 Å². The van der Waals surface area contributed by atoms with Crippen molar-refractivity contribution in [2.45, 2.75) is 57.7 Å². The number of ether oxygens (including phenoxy) is 1. The van der Waals surface area contributed by atoms with Gasteiger partial charge in [0.2, 0.25) is 0 Å². The van der Waals surface area contributed by atoms with Crippen LogP contribution in [0.5, 0.6) is 11.5 Å². The molecule has 116 valence electrons. The second kappa shape index (κ2) is 6.80. The summed E-state index contributed by atoms with van der Waals surface area (Å²) in [5.41, 5.74) is 0.723. The van der Waals surface area contributed by atoms with Crippen LogP contribution in [0.1, 0.15) is 54.9 Å². The summed E-state index contributed by atoms with van der Waals surface area (Å²) in [6.07, 6.45) is 3.35. The van der Waals surface area contributed by atoms with Crippen molar-refractivity contribution >= 4 is 5.97 Å². The first-order chi connectivity index (χ1) is 9.97. The lowest BCUT2D eigenvalue weighted by atomic mass is 9.97. The minimum atomic E-state index is -0.579. The molecule has 1 heterocycles. The average Bonchev–Trinajstić information content (AvgIpc) is 2.39. The van der Waals surface area contributed by atoms with Gasteiger partial charge in [-0.1, -0.05) is 6.42 Å². The van der Waals surface area contributed by atoms with Gasteiger partial charge in [0.15, 0.2) is 0 Å². The second-order valence-electron chi connectivity index (χ2n) is 5.69. The summed E-state index contributed by atoms with van der Waals surface area (Å²) in [4.78, 5) is 12.2. The van der Waals surface area contributed by atoms with Crippen molar-refractivity contribution in [3.63, 3.8) is 0 Å². The molecule has 0 saturated carbocycles. The number of benzene rings is 1. The van der Waals surface area contributed by atoms with Gasteiger partial charge in [0.05, 0.1) is 12.2 Å². The number of carbonyl (C=O) groups is 1. The minimum absolute atomic E-state index is 0.0702. The topological polar surface area (TPSA) is 87.0 Å². The van der Waals surface area contributed by atoms with E-state index in [9.17, 15) is 20.1 Å². The molecule has 2 unspecified atom stereocenters. The molecule has 21 heavy (non-hydrogen) atoms. The SMILES string of the molecule is CC1CCC(O)CCCCc2cc(O)cc(O)c2C(=O)O1. The standard InChI is InChI=1S/C16H22O5/c1-10-6-7-12(17)5-3-2-4-11-8-13(18)9-14(19)15(11)16(20)21-10/h8-10,12,17-19H,2-7H2,1H3. The Morgan fingerprint density at radius 3 is 2.67 bits per heavy atom. The predicted octanol–water partition coefficient (Wildman–Crippen LogP) is 2.51. The zero-order chi connectivity index (χ0) is 15.4. The average molecular weight is 294 g/mol. The maximum atomic E-state index is 12.2. The van der Waals surface area contributed by atoms with E-state index in [-0.39, 0.29) is 29.3 Å². The molecule has 0 bridgehead atoms. The van der Waals surface area contributed by atoms with Crippen LogP contribution in [0.25, 0.3) is 0 Å². The Morgan fingerprint density at radius 1 is 1.14 bits per heavy atom. The number of cyclic esters (lactones) is 1. The molecule has 1 aromatic carbocycles. The summed E-state index contributed by atoms with van der Waals surface area (Å²) in [6, 6.07) is 2.64. The smallest absolute Gasteiger partial charge is 0.342 e. The Balaban J connectivity index is 2.30. The first-order valence-corrected chi connectivity index (χ1v) is 7.41. The molecule has 1 aliphatic rings. The fraction of sp³-hybridized carbons (Fsp3) is 0.562. The van der Waals surface area contributed by atoms with Gasteiger partial charge >= 0.3 is 5.97 Å². The van der Waals surface area contributed by atoms with Gasteiger partial charge in [-0.25, -0.2) is 4.79 Å². The van der Waals surface area contributed by atoms with E-state index >= 15 is 0 Å². The molecule has 0 saturated heterocycles. The highest BCUT2D eigenvalue weighted by Gasteiger charge is 2.22. The first-order valence-electron chi connectivity index (χ1n) is 7.41. The Morgan fingerprint density at radius 2 is 1.90 bits per heavy atom. The summed E-state index contributed by atoms with van der Waals surface area (Å²) in [6.45, 7) is 1.77. The van der Waals surface area contributed by atoms with Crippen LogP contribution in [0.4, 0.5) is 0 Å². The van der Waals surface area contributed by atoms with Crippen LogP contribution >= 0.6 is 0 Å². The zero-order valence-electron chi connectivity index (χ0n) is 12.2. The lowest BCUT2D eigenvalue weighted by molar-refractivity contribution is 0.0273. The molecule has 0 amide bonds. The Hall–Kier alpha value is -1.75. The molecule has 0 aliphatic carbocycles. The van der Waals surface area contributed by atoms with E-state index in [2.05, 4.69) is 0 Å². The highest BCUT2D eigenvalue weighted by Crippen LogP contribution is 2.30. The van der Waals surface area contributed by atoms with Crippen LogP contribution in [-0.4, -0.2) is 33.5 Å². The number of rotatable bonds is 0. The van der Waals surface area contributed by atoms with Crippen LogP contribution in [0, 0.1) is 0 Å². The number of fused-ring (bicyclic) bond motifs is 1. The Labute approximate surface area is 124 Å². The van der Waals surface area contributed by atoms with Gasteiger partial charge in [-0.05, 0) is 50.7 Å². The quantitative estimate of drug-likeness (QED) is 0.640. The molecule has 1 aromatic rings. The lowest BCUT2D eigenvalue weighted by Crippen LogP contribution is -2.19. The van der Waals surface area contributed by atoms with E-state index in [0.717, 1.165) is 18.9 Å². The monoisotopic (exact) mass is 294 g/mol. The molecule has 3 N–H and O–H groups in total. The van der Waals surface area contributed by atoms with Gasteiger partial charge in [0.1, 0.15) is 17.1 Å². The number of aliphatic hydroxyl groups is 1. The third-order valence-electron chi connectivity index (χ3n) is 3.84. The first kappa shape index (κ1) is 15.6. The van der Waals surface area contributed by atoms with Crippen molar-refractivity contribution in [3.8, 4) is 11.5 Å². The minimum Gasteiger partial charge on any atom is -0.508 e. The molecule has 0 fully saturated rings. The molecule has 0 aromatic heterocycles. The number of hydrogen-bond acceptors (Lipinski definition) is 5. The number of esters is 1. The van der Waals surface area contributed by atoms with Gasteiger partial charge in [-0.15, -0.1) is 0 Å². The summed E-state index contributed by atoms with van der Waals surface area (Å²) in [5, 5.41) is 29.4. The summed E-state index contributed by atoms with van der Waals surface area (Å²) < 4.78 is 5.33. The molecular weight excluding hydrogens is 272 g/mol. The molecule has 1 aliphatic heterocycles. The number of carbonyl (C=O) groups excluding carboxylic acids is 1. The van der Waals surface area contributed by atoms with E-state index in [0.29, 0.717) is 31.2 Å². The molecule has 2 rings (SSSR count). The fourth-order valence-corrected chi connectivity index (χ4v) is 2.67. The summed E-state index contributed by atoms with van der Waals surface area (Å²) in [7, 11) is 0. The fourth-order valence-electron chi connectivity index (χ4n) is 2.67. The van der Waals surface area contributed by atoms with E-state index in [1.54, 1.807) is 6.92 Å². The van der Waals surface area contributed by atoms with Crippen LogP contribution in [-0.2, 0) is 11.2 Å². The predicted molar refractivity (Wildman–Crippen MR) is 77.4 cm³/mol. The van der Waals surface area contributed by atoms with E-state index in [4.69, 9.17) is 4.74 Å². The molecule has 5 heteroatoms. The molecule has 5 nitrogen and oxygen atoms in total. The van der Waals surface area contributed by atoms with Crippen molar-refractivity contribution < 1.29 is 24.9 Å². The van der Waals surface area contributed by atoms with Crippen LogP contribution < -0.4 is 0 Å². The molecule has 2 atom stereocenters. The number of aromatic hydroxyl groups is 2. The van der Waals surface area contributed by atoms with Crippen molar-refractivity contribution in [3.05, 3.63) is 23.3 Å². The Bertz CT molecular complexity index is 512. The van der Waals surface area contributed by atoms with Crippen LogP contribution in [0.3, 0.4) is 0 Å². The molecule has 0 radical (unpaired) electrons. The third-order valence-corrected chi connectivity index (χ3v) is 3.84. The molecule has 0 spiro atoms. The largest absolute Gasteiger partial charge is 0.508 e. The number of phenolic OH excluding ortho intramolecular Hbond substituents is 2. The summed E-state index contributed by atoms with van der Waals surface area (Å²) >= 11 is 0. The van der Waals surface area contributed by atoms with E-state index in [1.807, 2.05) is 0 Å². The second-order valence-corrected chi connectivity index (χ2v) is 5.69. The highest BCUT2D eigenvalue weighted by molar-refractivity contribution is 5.94. The number of phenols is 2. The van der Waals surface area contributed by atoms with Gasteiger partial charge in [-0.2, -0.15) is 0 Å². The zero-order valence-corrected chi connectivity index (χ0v) is 12.2. The third kappa shape index (κ3) is 4.11. The normalized spacial score (nSPS) is 24.4. The lowest BCUT2D eigenvalue weighted by Gasteiger charge is -2.19. The maximum Gasteiger partial charge on any atom is 0.342 e. The van der Waals surface area contributed by atoms with Gasteiger partial charge in [-0.3, -0.25) is 0 Å². The van der Waals surface area contributed by atoms with E-state index in [1.165, 1.54) is 6.07 Å². The van der Waals surface area contributed by atoms with Crippen LogP contribution in [0.15, 0.2) is 12.1 Å². The van der Waals surface area contributed by atoms with Crippen molar-refractivity contribution in [2.75, 3.05) is 0 Å². The number of aliphatic hydroxyl groups excluding tert-OH is 1. The van der Waals surface area contributed by atoms with Gasteiger partial charge in [0.25, 0.3) is 0 Å². The number of aryl methyl sites for hydroxylation is 1. The van der Waals surface area contributed by atoms with Gasteiger partial charge < -0.3 is 20.1 Å². The highest BCUT2D eigenvalue weighted by atomic mass is 16.5. The molecular formula is C16H22O5. The van der Waals surface area contributed by atoms with Gasteiger partial charge in [0, 0.05) is 6.07 Å². The van der Waals surface area contributed by atoms with E-state index < -0.39 is 5.97 Å². The van der Waals surface area contributed by atoms with Crippen molar-refractivity contribution in [1.82, 2.24) is 0 Å².